The van der Waals surface area contributed by atoms with E-state index in [1.165, 1.54) is 7.11 Å². The molecular formula is C26H22N2O5S2. The third-order valence-electron chi connectivity index (χ3n) is 5.09. The predicted molar refractivity (Wildman–Crippen MR) is 139 cm³/mol. The number of thioether (sulfide) groups is 1. The number of rotatable bonds is 8. The summed E-state index contributed by atoms with van der Waals surface area (Å²) in [6.45, 7) is 0.424. The topological polar surface area (TPSA) is 77.1 Å². The summed E-state index contributed by atoms with van der Waals surface area (Å²) < 4.78 is 16.7. The van der Waals surface area contributed by atoms with E-state index in [2.05, 4.69) is 5.43 Å². The van der Waals surface area contributed by atoms with Crippen LogP contribution in [0.5, 0.6) is 17.2 Å². The highest BCUT2D eigenvalue weighted by atomic mass is 32.2. The Labute approximate surface area is 212 Å². The molecular weight excluding hydrogens is 484 g/mol. The number of carbonyl (C=O) groups excluding carboxylic acids is 2. The van der Waals surface area contributed by atoms with Crippen LogP contribution in [0.2, 0.25) is 0 Å². The molecule has 7 nitrogen and oxygen atoms in total. The monoisotopic (exact) mass is 506 g/mol. The Hall–Kier alpha value is -3.82. The summed E-state index contributed by atoms with van der Waals surface area (Å²) in [7, 11) is 3.07. The molecule has 0 unspecified atom stereocenters. The molecule has 0 atom stereocenters. The molecule has 3 aromatic carbocycles. The third-order valence-corrected chi connectivity index (χ3v) is 6.39. The Bertz CT molecular complexity index is 1280. The first-order chi connectivity index (χ1) is 17.0. The summed E-state index contributed by atoms with van der Waals surface area (Å²) in [5, 5.41) is 1.07. The third kappa shape index (κ3) is 5.64. The fourth-order valence-electron chi connectivity index (χ4n) is 3.34. The minimum atomic E-state index is -0.462. The second-order valence-corrected chi connectivity index (χ2v) is 9.02. The number of methoxy groups -OCH3 is 2. The summed E-state index contributed by atoms with van der Waals surface area (Å²) in [5.41, 5.74) is 4.65. The number of nitrogens with one attached hydrogen (secondary N) is 1. The van der Waals surface area contributed by atoms with Gasteiger partial charge in [-0.25, -0.2) is 0 Å². The van der Waals surface area contributed by atoms with Gasteiger partial charge in [0.05, 0.1) is 19.1 Å². The molecule has 1 N–H and O–H groups in total. The molecule has 0 aromatic heterocycles. The normalized spacial score (nSPS) is 14.2. The molecule has 0 radical (unpaired) electrons. The molecule has 0 saturated carbocycles. The number of hydrogen-bond donors (Lipinski definition) is 1. The molecule has 35 heavy (non-hydrogen) atoms. The molecule has 0 aliphatic carbocycles. The van der Waals surface area contributed by atoms with Crippen LogP contribution in [0.25, 0.3) is 6.08 Å². The van der Waals surface area contributed by atoms with Crippen molar-refractivity contribution in [1.82, 2.24) is 10.4 Å². The maximum atomic E-state index is 13.0. The first-order valence-electron chi connectivity index (χ1n) is 10.6. The van der Waals surface area contributed by atoms with Crippen molar-refractivity contribution in [2.75, 3.05) is 14.2 Å². The largest absolute Gasteiger partial charge is 0.493 e. The number of thiocarbonyl (C=S) groups is 1. The highest BCUT2D eigenvalue weighted by Gasteiger charge is 2.34. The van der Waals surface area contributed by atoms with Crippen LogP contribution >= 0.6 is 24.0 Å². The number of hydrazine groups is 1. The van der Waals surface area contributed by atoms with Crippen molar-refractivity contribution in [3.63, 3.8) is 0 Å². The lowest BCUT2D eigenvalue weighted by Gasteiger charge is -2.16. The highest BCUT2D eigenvalue weighted by molar-refractivity contribution is 8.26. The van der Waals surface area contributed by atoms with E-state index in [0.717, 1.165) is 22.3 Å². The van der Waals surface area contributed by atoms with Gasteiger partial charge in [0.2, 0.25) is 0 Å². The van der Waals surface area contributed by atoms with Crippen LogP contribution in [0.15, 0.2) is 77.7 Å². The summed E-state index contributed by atoms with van der Waals surface area (Å²) >= 11 is 6.42. The molecule has 1 aliphatic rings. The van der Waals surface area contributed by atoms with Crippen LogP contribution in [0.4, 0.5) is 0 Å². The Balaban J connectivity index is 1.42. The van der Waals surface area contributed by atoms with Crippen LogP contribution in [0, 0.1) is 0 Å². The molecule has 1 aliphatic heterocycles. The Morgan fingerprint density at radius 2 is 1.74 bits per heavy atom. The molecule has 4 rings (SSSR count). The zero-order valence-electron chi connectivity index (χ0n) is 19.0. The maximum absolute atomic E-state index is 13.0. The highest BCUT2D eigenvalue weighted by Crippen LogP contribution is 2.36. The van der Waals surface area contributed by atoms with Gasteiger partial charge in [-0.3, -0.25) is 15.0 Å². The predicted octanol–water partition coefficient (Wildman–Crippen LogP) is 4.83. The van der Waals surface area contributed by atoms with E-state index in [1.807, 2.05) is 30.3 Å². The van der Waals surface area contributed by atoms with Crippen LogP contribution < -0.4 is 19.6 Å². The quantitative estimate of drug-likeness (QED) is 0.346. The van der Waals surface area contributed by atoms with Crippen LogP contribution in [-0.2, 0) is 11.4 Å². The Morgan fingerprint density at radius 1 is 1.00 bits per heavy atom. The van der Waals surface area contributed by atoms with Gasteiger partial charge in [0.15, 0.2) is 15.8 Å². The smallest absolute Gasteiger partial charge is 0.285 e. The van der Waals surface area contributed by atoms with Crippen molar-refractivity contribution in [2.45, 2.75) is 6.61 Å². The molecule has 9 heteroatoms. The average Bonchev–Trinajstić information content (AvgIpc) is 3.15. The van der Waals surface area contributed by atoms with Gasteiger partial charge in [0.25, 0.3) is 11.8 Å². The summed E-state index contributed by atoms with van der Waals surface area (Å²) in [5.74, 6) is 0.781. The minimum absolute atomic E-state index is 0.222. The van der Waals surface area contributed by atoms with E-state index < -0.39 is 11.8 Å². The second kappa shape index (κ2) is 11.1. The maximum Gasteiger partial charge on any atom is 0.285 e. The summed E-state index contributed by atoms with van der Waals surface area (Å²) in [6.07, 6.45) is 1.66. The standard InChI is InChI=1S/C26H22N2O5S2/c1-31-21-10-6-9-19(23(21)32-2)15-22-25(30)28(26(34)35-22)27-24(29)18-11-13-20(14-12-18)33-16-17-7-4-3-5-8-17/h3-15H,16H2,1-2H3,(H,27,29). The van der Waals surface area contributed by atoms with Crippen molar-refractivity contribution in [3.05, 3.63) is 94.4 Å². The zero-order chi connectivity index (χ0) is 24.8. The molecule has 3 aromatic rings. The Morgan fingerprint density at radius 3 is 2.43 bits per heavy atom. The number of amides is 2. The molecule has 1 fully saturated rings. The van der Waals surface area contributed by atoms with Gasteiger partial charge in [0.1, 0.15) is 12.4 Å². The van der Waals surface area contributed by atoms with E-state index in [9.17, 15) is 9.59 Å². The van der Waals surface area contributed by atoms with Crippen molar-refractivity contribution < 1.29 is 23.8 Å². The first-order valence-corrected chi connectivity index (χ1v) is 11.8. The lowest BCUT2D eigenvalue weighted by molar-refractivity contribution is -0.123. The number of ether oxygens (including phenoxy) is 3. The minimum Gasteiger partial charge on any atom is -0.493 e. The van der Waals surface area contributed by atoms with E-state index in [4.69, 9.17) is 26.4 Å². The van der Waals surface area contributed by atoms with Crippen molar-refractivity contribution >= 4 is 46.2 Å². The second-order valence-electron chi connectivity index (χ2n) is 7.34. The molecule has 0 spiro atoms. The number of nitrogens with zero attached hydrogens (tertiary/aromatic N) is 1. The van der Waals surface area contributed by atoms with Crippen molar-refractivity contribution in [3.8, 4) is 17.2 Å². The van der Waals surface area contributed by atoms with E-state index >= 15 is 0 Å². The average molecular weight is 507 g/mol. The molecule has 1 heterocycles. The number of carbonyl (C=O) groups is 2. The number of benzene rings is 3. The fourth-order valence-corrected chi connectivity index (χ4v) is 4.51. The number of para-hydroxylation sites is 1. The van der Waals surface area contributed by atoms with Crippen molar-refractivity contribution in [1.29, 1.82) is 0 Å². The van der Waals surface area contributed by atoms with E-state index in [0.29, 0.717) is 39.9 Å². The molecule has 2 amide bonds. The first kappa shape index (κ1) is 24.3. The van der Waals surface area contributed by atoms with Crippen LogP contribution in [0.1, 0.15) is 21.5 Å². The van der Waals surface area contributed by atoms with Gasteiger partial charge in [-0.2, -0.15) is 5.01 Å². The lowest BCUT2D eigenvalue weighted by atomic mass is 10.1. The van der Waals surface area contributed by atoms with Crippen LogP contribution in [-0.4, -0.2) is 35.4 Å². The van der Waals surface area contributed by atoms with Gasteiger partial charge >= 0.3 is 0 Å². The summed E-state index contributed by atoms with van der Waals surface area (Å²) in [6, 6.07) is 21.8. The lowest BCUT2D eigenvalue weighted by Crippen LogP contribution is -2.44. The summed E-state index contributed by atoms with van der Waals surface area (Å²) in [4.78, 5) is 26.1. The van der Waals surface area contributed by atoms with Gasteiger partial charge in [-0.15, -0.1) is 0 Å². The SMILES string of the molecule is COc1cccc(C=C2SC(=S)N(NC(=O)c3ccc(OCc4ccccc4)cc3)C2=O)c1OC. The van der Waals surface area contributed by atoms with Gasteiger partial charge in [-0.05, 0) is 54.2 Å². The van der Waals surface area contributed by atoms with Crippen LogP contribution in [0.3, 0.4) is 0 Å². The van der Waals surface area contributed by atoms with Gasteiger partial charge < -0.3 is 14.2 Å². The Kier molecular flexibility index (Phi) is 7.69. The molecule has 1 saturated heterocycles. The van der Waals surface area contributed by atoms with E-state index in [1.54, 1.807) is 55.7 Å². The molecule has 178 valence electrons. The van der Waals surface area contributed by atoms with Gasteiger partial charge in [0, 0.05) is 11.1 Å². The van der Waals surface area contributed by atoms with Crippen molar-refractivity contribution in [2.24, 2.45) is 0 Å². The van der Waals surface area contributed by atoms with E-state index in [-0.39, 0.29) is 4.32 Å². The fraction of sp³-hybridized carbons (Fsp3) is 0.115. The molecule has 0 bridgehead atoms. The zero-order valence-corrected chi connectivity index (χ0v) is 20.7. The number of hydrogen-bond acceptors (Lipinski definition) is 7. The van der Waals surface area contributed by atoms with Gasteiger partial charge in [-0.1, -0.05) is 54.2 Å².